The molecule has 7 nitrogen and oxygen atoms in total. The van der Waals surface area contributed by atoms with Crippen molar-refractivity contribution in [3.63, 3.8) is 0 Å². The number of rotatable bonds is 6. The van der Waals surface area contributed by atoms with Gasteiger partial charge >= 0.3 is 0 Å². The maximum atomic E-state index is 12.5. The first-order valence-electron chi connectivity index (χ1n) is 7.68. The minimum Gasteiger partial charge on any atom is -0.354 e. The summed E-state index contributed by atoms with van der Waals surface area (Å²) in [6, 6.07) is 7.52. The maximum Gasteiger partial charge on any atom is 0.266 e. The number of benzene rings is 1. The Labute approximate surface area is 166 Å². The van der Waals surface area contributed by atoms with Crippen LogP contribution in [0.4, 0.5) is 0 Å². The summed E-state index contributed by atoms with van der Waals surface area (Å²) < 4.78 is 3.21. The largest absolute Gasteiger partial charge is 0.354 e. The lowest BCUT2D eigenvalue weighted by atomic mass is 10.4. The average molecular weight is 457 g/mol. The summed E-state index contributed by atoms with van der Waals surface area (Å²) in [5.41, 5.74) is 0.165. The molecule has 1 N–H and O–H groups in total. The van der Waals surface area contributed by atoms with Crippen LogP contribution < -0.4 is 10.9 Å². The van der Waals surface area contributed by atoms with Gasteiger partial charge in [0, 0.05) is 29.3 Å². The molecule has 0 aliphatic heterocycles. The van der Waals surface area contributed by atoms with Crippen molar-refractivity contribution >= 4 is 56.2 Å². The molecular formula is C16H15BrClN5O2S. The van der Waals surface area contributed by atoms with Crippen molar-refractivity contribution < 1.29 is 4.79 Å². The monoisotopic (exact) mass is 455 g/mol. The first-order valence-corrected chi connectivity index (χ1v) is 9.84. The second-order valence-corrected chi connectivity index (χ2v) is 7.80. The summed E-state index contributed by atoms with van der Waals surface area (Å²) in [5.74, 6) is 0.471. The fourth-order valence-electron chi connectivity index (χ4n) is 2.35. The van der Waals surface area contributed by atoms with Crippen LogP contribution in [0.25, 0.3) is 11.0 Å². The number of nitrogens with one attached hydrogen (secondary N) is 1. The van der Waals surface area contributed by atoms with Crippen molar-refractivity contribution in [3.8, 4) is 0 Å². The first kappa shape index (κ1) is 18.9. The van der Waals surface area contributed by atoms with Crippen LogP contribution in [-0.2, 0) is 18.4 Å². The van der Waals surface area contributed by atoms with E-state index in [9.17, 15) is 9.59 Å². The van der Waals surface area contributed by atoms with Gasteiger partial charge in [0.05, 0.1) is 0 Å². The lowest BCUT2D eigenvalue weighted by molar-refractivity contribution is -0.121. The number of hydrogen-bond donors (Lipinski definition) is 1. The molecule has 0 spiro atoms. The Bertz CT molecular complexity index is 1000. The van der Waals surface area contributed by atoms with Crippen LogP contribution in [-0.4, -0.2) is 37.5 Å². The summed E-state index contributed by atoms with van der Waals surface area (Å²) >= 11 is 10.7. The van der Waals surface area contributed by atoms with E-state index in [0.29, 0.717) is 33.0 Å². The number of fused-ring (bicyclic) bond motifs is 1. The van der Waals surface area contributed by atoms with Gasteiger partial charge in [0.25, 0.3) is 5.56 Å². The minimum absolute atomic E-state index is 0.0886. The van der Waals surface area contributed by atoms with E-state index >= 15 is 0 Å². The highest BCUT2D eigenvalue weighted by atomic mass is 79.9. The average Bonchev–Trinajstić information content (AvgIpc) is 2.90. The zero-order valence-corrected chi connectivity index (χ0v) is 16.9. The second kappa shape index (κ2) is 8.24. The minimum atomic E-state index is -0.305. The number of carbonyl (C=O) groups excluding carboxylic acids is 1. The van der Waals surface area contributed by atoms with Crippen molar-refractivity contribution in [1.82, 2.24) is 24.6 Å². The molecule has 10 heteroatoms. The fraction of sp³-hybridized carbons (Fsp3) is 0.250. The number of amides is 1. The quantitative estimate of drug-likeness (QED) is 0.455. The van der Waals surface area contributed by atoms with Gasteiger partial charge < -0.3 is 5.32 Å². The normalized spacial score (nSPS) is 11.0. The lowest BCUT2D eigenvalue weighted by Gasteiger charge is -2.07. The van der Waals surface area contributed by atoms with E-state index in [1.165, 1.54) is 15.6 Å². The SMILES string of the molecule is Cn1nc(Br)c2c(=O)n(CC(=O)NCCSc3ccc(Cl)cc3)cnc21. The zero-order valence-electron chi connectivity index (χ0n) is 13.8. The van der Waals surface area contributed by atoms with Crippen molar-refractivity contribution in [2.45, 2.75) is 11.4 Å². The molecule has 2 heterocycles. The molecule has 0 radical (unpaired) electrons. The maximum absolute atomic E-state index is 12.5. The van der Waals surface area contributed by atoms with E-state index in [0.717, 1.165) is 4.90 Å². The Morgan fingerprint density at radius 2 is 2.08 bits per heavy atom. The molecule has 0 saturated heterocycles. The number of nitrogens with zero attached hydrogens (tertiary/aromatic N) is 4. The Hall–Kier alpha value is -1.84. The molecule has 1 aromatic carbocycles. The number of hydrogen-bond acceptors (Lipinski definition) is 5. The van der Waals surface area contributed by atoms with Crippen molar-refractivity contribution in [2.75, 3.05) is 12.3 Å². The third-order valence-electron chi connectivity index (χ3n) is 3.59. The zero-order chi connectivity index (χ0) is 18.7. The van der Waals surface area contributed by atoms with Gasteiger partial charge in [0.15, 0.2) is 5.65 Å². The second-order valence-electron chi connectivity index (χ2n) is 5.44. The van der Waals surface area contributed by atoms with Crippen molar-refractivity contribution in [1.29, 1.82) is 0 Å². The van der Waals surface area contributed by atoms with Crippen molar-refractivity contribution in [3.05, 3.63) is 50.6 Å². The van der Waals surface area contributed by atoms with E-state index in [1.807, 2.05) is 24.3 Å². The molecule has 0 unspecified atom stereocenters. The molecule has 0 aliphatic carbocycles. The predicted octanol–water partition coefficient (Wildman–Crippen LogP) is 2.45. The molecule has 0 aliphatic rings. The van der Waals surface area contributed by atoms with Gasteiger partial charge in [-0.25, -0.2) is 9.67 Å². The fourth-order valence-corrected chi connectivity index (χ4v) is 3.83. The van der Waals surface area contributed by atoms with E-state index in [4.69, 9.17) is 11.6 Å². The molecule has 2 aromatic heterocycles. The predicted molar refractivity (Wildman–Crippen MR) is 106 cm³/mol. The van der Waals surface area contributed by atoms with E-state index in [1.54, 1.807) is 18.8 Å². The van der Waals surface area contributed by atoms with Crippen LogP contribution in [0.3, 0.4) is 0 Å². The van der Waals surface area contributed by atoms with Crippen molar-refractivity contribution in [2.24, 2.45) is 7.05 Å². The van der Waals surface area contributed by atoms with Gasteiger partial charge in [-0.1, -0.05) is 11.6 Å². The molecule has 0 bridgehead atoms. The Balaban J connectivity index is 1.56. The van der Waals surface area contributed by atoms with Crippen LogP contribution in [0.5, 0.6) is 0 Å². The van der Waals surface area contributed by atoms with Crippen LogP contribution in [0, 0.1) is 0 Å². The van der Waals surface area contributed by atoms with Gasteiger partial charge in [0.1, 0.15) is 22.9 Å². The molecular weight excluding hydrogens is 442 g/mol. The molecule has 3 aromatic rings. The van der Waals surface area contributed by atoms with Crippen LogP contribution in [0.2, 0.25) is 5.02 Å². The highest BCUT2D eigenvalue weighted by Gasteiger charge is 2.14. The Morgan fingerprint density at radius 3 is 2.81 bits per heavy atom. The van der Waals surface area contributed by atoms with E-state index in [-0.39, 0.29) is 18.0 Å². The van der Waals surface area contributed by atoms with E-state index in [2.05, 4.69) is 31.3 Å². The third-order valence-corrected chi connectivity index (χ3v) is 5.41. The number of thioether (sulfide) groups is 1. The number of carbonyl (C=O) groups is 1. The molecule has 3 rings (SSSR count). The smallest absolute Gasteiger partial charge is 0.266 e. The Morgan fingerprint density at radius 1 is 1.35 bits per heavy atom. The summed E-state index contributed by atoms with van der Waals surface area (Å²) in [7, 11) is 1.70. The van der Waals surface area contributed by atoms with E-state index < -0.39 is 0 Å². The van der Waals surface area contributed by atoms with Gasteiger partial charge in [-0.3, -0.25) is 14.2 Å². The molecule has 136 valence electrons. The summed E-state index contributed by atoms with van der Waals surface area (Å²) in [5, 5.41) is 7.97. The highest BCUT2D eigenvalue weighted by molar-refractivity contribution is 9.10. The standard InChI is InChI=1S/C16H15BrClN5O2S/c1-22-15-13(14(17)21-22)16(25)23(9-20-15)8-12(24)19-6-7-26-11-4-2-10(18)3-5-11/h2-5,9H,6-8H2,1H3,(H,19,24). The molecule has 0 fully saturated rings. The summed E-state index contributed by atoms with van der Waals surface area (Å²) in [4.78, 5) is 29.9. The van der Waals surface area contributed by atoms with Gasteiger partial charge in [-0.05, 0) is 40.2 Å². The highest BCUT2D eigenvalue weighted by Crippen LogP contribution is 2.19. The topological polar surface area (TPSA) is 81.8 Å². The molecule has 26 heavy (non-hydrogen) atoms. The first-order chi connectivity index (χ1) is 12.5. The van der Waals surface area contributed by atoms with Crippen LogP contribution >= 0.6 is 39.3 Å². The van der Waals surface area contributed by atoms with Crippen LogP contribution in [0.1, 0.15) is 0 Å². The molecule has 1 amide bonds. The Kier molecular flexibility index (Phi) is 6.00. The van der Waals surface area contributed by atoms with Gasteiger partial charge in [-0.2, -0.15) is 5.10 Å². The summed E-state index contributed by atoms with van der Waals surface area (Å²) in [6.45, 7) is 0.405. The summed E-state index contributed by atoms with van der Waals surface area (Å²) in [6.07, 6.45) is 1.36. The molecule has 0 saturated carbocycles. The van der Waals surface area contributed by atoms with Gasteiger partial charge in [-0.15, -0.1) is 11.8 Å². The lowest BCUT2D eigenvalue weighted by Crippen LogP contribution is -2.33. The number of aryl methyl sites for hydroxylation is 1. The number of aromatic nitrogens is 4. The molecule has 0 atom stereocenters. The number of halogens is 2. The van der Waals surface area contributed by atoms with Crippen LogP contribution in [0.15, 0.2) is 44.9 Å². The third kappa shape index (κ3) is 4.28. The van der Waals surface area contributed by atoms with Gasteiger partial charge in [0.2, 0.25) is 5.91 Å².